The van der Waals surface area contributed by atoms with Gasteiger partial charge in [0.1, 0.15) is 0 Å². The number of nitriles is 1. The maximum Gasteiger partial charge on any atom is 0.152 e. The van der Waals surface area contributed by atoms with E-state index in [2.05, 4.69) is 28.9 Å². The maximum absolute atomic E-state index is 8.37. The molecule has 0 radical (unpaired) electrons. The average molecular weight is 196 g/mol. The number of hydrogen-bond acceptors (Lipinski definition) is 2. The molecule has 0 atom stereocenters. The maximum atomic E-state index is 8.37. The third-order valence-electron chi connectivity index (χ3n) is 2.58. The fraction of sp³-hybridized carbons (Fsp3) is 0.308. The number of hydrogen-bond donors (Lipinski definition) is 0. The van der Waals surface area contributed by atoms with Crippen LogP contribution in [-0.2, 0) is 0 Å². The summed E-state index contributed by atoms with van der Waals surface area (Å²) < 4.78 is 0. The van der Waals surface area contributed by atoms with Gasteiger partial charge in [0.2, 0.25) is 0 Å². The lowest BCUT2D eigenvalue weighted by molar-refractivity contribution is 0.949. The summed E-state index contributed by atoms with van der Waals surface area (Å²) in [6, 6.07) is 9.91. The van der Waals surface area contributed by atoms with E-state index in [0.29, 0.717) is 0 Å². The minimum absolute atomic E-state index is 0.918. The summed E-state index contributed by atoms with van der Waals surface area (Å²) >= 11 is 0. The Morgan fingerprint density at radius 1 is 1.20 bits per heavy atom. The predicted octanol–water partition coefficient (Wildman–Crippen LogP) is 2.16. The topological polar surface area (TPSA) is 27.0 Å². The molecule has 1 aliphatic rings. The van der Waals surface area contributed by atoms with Crippen molar-refractivity contribution in [2.75, 3.05) is 18.0 Å². The Morgan fingerprint density at radius 3 is 2.73 bits per heavy atom. The molecule has 0 N–H and O–H groups in total. The summed E-state index contributed by atoms with van der Waals surface area (Å²) in [5.41, 5.74) is 2.14. The molecule has 1 aliphatic heterocycles. The molecule has 1 aromatic carbocycles. The molecule has 0 spiro atoms. The predicted molar refractivity (Wildman–Crippen MR) is 60.4 cm³/mol. The van der Waals surface area contributed by atoms with E-state index in [1.54, 1.807) is 0 Å². The summed E-state index contributed by atoms with van der Waals surface area (Å²) in [7, 11) is 0. The first kappa shape index (κ1) is 9.62. The van der Waals surface area contributed by atoms with Crippen molar-refractivity contribution in [3.63, 3.8) is 0 Å². The van der Waals surface area contributed by atoms with Crippen molar-refractivity contribution in [2.24, 2.45) is 0 Å². The van der Waals surface area contributed by atoms with E-state index in [1.165, 1.54) is 18.5 Å². The van der Waals surface area contributed by atoms with E-state index in [0.717, 1.165) is 18.7 Å². The first-order valence-corrected chi connectivity index (χ1v) is 5.15. The van der Waals surface area contributed by atoms with Crippen molar-refractivity contribution in [1.82, 2.24) is 0 Å². The minimum atomic E-state index is 0.918. The van der Waals surface area contributed by atoms with Gasteiger partial charge in [0.05, 0.1) is 0 Å². The molecule has 2 heteroatoms. The molecular formula is C13H12N2. The summed E-state index contributed by atoms with van der Waals surface area (Å²) in [5.74, 6) is 5.24. The smallest absolute Gasteiger partial charge is 0.152 e. The molecule has 0 unspecified atom stereocenters. The third-order valence-corrected chi connectivity index (χ3v) is 2.58. The van der Waals surface area contributed by atoms with Gasteiger partial charge in [-0.15, -0.1) is 0 Å². The van der Waals surface area contributed by atoms with Crippen LogP contribution in [0.3, 0.4) is 0 Å². The van der Waals surface area contributed by atoms with Crippen molar-refractivity contribution < 1.29 is 0 Å². The Bertz CT molecular complexity index is 440. The zero-order valence-electron chi connectivity index (χ0n) is 8.53. The van der Waals surface area contributed by atoms with Crippen LogP contribution in [0.4, 0.5) is 5.69 Å². The van der Waals surface area contributed by atoms with E-state index < -0.39 is 0 Å². The van der Waals surface area contributed by atoms with Gasteiger partial charge in [-0.25, -0.2) is 0 Å². The Morgan fingerprint density at radius 2 is 2.00 bits per heavy atom. The minimum Gasteiger partial charge on any atom is -0.371 e. The number of rotatable bonds is 1. The standard InChI is InChI=1S/C13H12N2/c14-8-4-6-12-5-3-7-13(11-12)15-9-1-2-10-15/h3,5,7,11H,1-2,9-10H2. The zero-order chi connectivity index (χ0) is 10.5. The van der Waals surface area contributed by atoms with Crippen LogP contribution in [0.5, 0.6) is 0 Å². The Balaban J connectivity index is 2.22. The number of nitrogens with zero attached hydrogens (tertiary/aromatic N) is 2. The molecule has 74 valence electrons. The van der Waals surface area contributed by atoms with E-state index in [4.69, 9.17) is 5.26 Å². The molecule has 1 aromatic rings. The van der Waals surface area contributed by atoms with Crippen LogP contribution in [0, 0.1) is 23.2 Å². The highest BCUT2D eigenvalue weighted by molar-refractivity contribution is 5.53. The first-order valence-electron chi connectivity index (χ1n) is 5.15. The second kappa shape index (κ2) is 4.53. The monoisotopic (exact) mass is 196 g/mol. The van der Waals surface area contributed by atoms with Crippen LogP contribution in [-0.4, -0.2) is 13.1 Å². The van der Waals surface area contributed by atoms with E-state index in [-0.39, 0.29) is 0 Å². The molecule has 2 nitrogen and oxygen atoms in total. The van der Waals surface area contributed by atoms with Gasteiger partial charge in [-0.1, -0.05) is 12.0 Å². The fourth-order valence-electron chi connectivity index (χ4n) is 1.86. The normalized spacial score (nSPS) is 14.2. The molecule has 15 heavy (non-hydrogen) atoms. The van der Waals surface area contributed by atoms with Crippen molar-refractivity contribution in [1.29, 1.82) is 5.26 Å². The van der Waals surface area contributed by atoms with Crippen LogP contribution >= 0.6 is 0 Å². The SMILES string of the molecule is N#CC#Cc1cccc(N2CCCC2)c1. The molecule has 2 rings (SSSR count). The van der Waals surface area contributed by atoms with Crippen LogP contribution in [0.1, 0.15) is 18.4 Å². The Kier molecular flexibility index (Phi) is 2.90. The lowest BCUT2D eigenvalue weighted by Crippen LogP contribution is -2.17. The molecule has 0 aliphatic carbocycles. The van der Waals surface area contributed by atoms with Gasteiger partial charge in [0, 0.05) is 30.3 Å². The third kappa shape index (κ3) is 2.30. The average Bonchev–Trinajstić information content (AvgIpc) is 2.80. The summed E-state index contributed by atoms with van der Waals surface area (Å²) in [5, 5.41) is 8.37. The molecule has 1 fully saturated rings. The van der Waals surface area contributed by atoms with Crippen molar-refractivity contribution in [2.45, 2.75) is 12.8 Å². The first-order chi connectivity index (χ1) is 7.40. The van der Waals surface area contributed by atoms with Crippen LogP contribution < -0.4 is 4.90 Å². The Hall–Kier alpha value is -1.93. The van der Waals surface area contributed by atoms with Crippen LogP contribution in [0.2, 0.25) is 0 Å². The summed E-state index contributed by atoms with van der Waals surface area (Å²) in [4.78, 5) is 2.36. The van der Waals surface area contributed by atoms with Gasteiger partial charge in [-0.2, -0.15) is 5.26 Å². The highest BCUT2D eigenvalue weighted by Crippen LogP contribution is 2.20. The molecule has 1 saturated heterocycles. The van der Waals surface area contributed by atoms with E-state index in [1.807, 2.05) is 18.2 Å². The van der Waals surface area contributed by atoms with Gasteiger partial charge < -0.3 is 4.90 Å². The van der Waals surface area contributed by atoms with Gasteiger partial charge in [-0.05, 0) is 31.0 Å². The van der Waals surface area contributed by atoms with Crippen LogP contribution in [0.25, 0.3) is 0 Å². The van der Waals surface area contributed by atoms with Crippen molar-refractivity contribution in [3.8, 4) is 17.9 Å². The van der Waals surface area contributed by atoms with Gasteiger partial charge >= 0.3 is 0 Å². The molecule has 0 aromatic heterocycles. The van der Waals surface area contributed by atoms with Gasteiger partial charge in [0.25, 0.3) is 0 Å². The quantitative estimate of drug-likeness (QED) is 0.643. The molecular weight excluding hydrogens is 184 g/mol. The van der Waals surface area contributed by atoms with Crippen LogP contribution in [0.15, 0.2) is 24.3 Å². The highest BCUT2D eigenvalue weighted by Gasteiger charge is 2.11. The van der Waals surface area contributed by atoms with Gasteiger partial charge in [0.15, 0.2) is 6.07 Å². The largest absolute Gasteiger partial charge is 0.371 e. The van der Waals surface area contributed by atoms with E-state index >= 15 is 0 Å². The van der Waals surface area contributed by atoms with Gasteiger partial charge in [-0.3, -0.25) is 0 Å². The molecule has 0 bridgehead atoms. The van der Waals surface area contributed by atoms with Crippen molar-refractivity contribution in [3.05, 3.63) is 29.8 Å². The Labute approximate surface area is 90.1 Å². The van der Waals surface area contributed by atoms with E-state index in [9.17, 15) is 0 Å². The lowest BCUT2D eigenvalue weighted by Gasteiger charge is -2.17. The molecule has 0 saturated carbocycles. The highest BCUT2D eigenvalue weighted by atomic mass is 15.1. The fourth-order valence-corrected chi connectivity index (χ4v) is 1.86. The summed E-state index contributed by atoms with van der Waals surface area (Å²) in [6.07, 6.45) is 2.54. The second-order valence-electron chi connectivity index (χ2n) is 3.61. The summed E-state index contributed by atoms with van der Waals surface area (Å²) in [6.45, 7) is 2.27. The zero-order valence-corrected chi connectivity index (χ0v) is 8.53. The number of anilines is 1. The van der Waals surface area contributed by atoms with Crippen molar-refractivity contribution >= 4 is 5.69 Å². The molecule has 1 heterocycles. The molecule has 0 amide bonds. The lowest BCUT2D eigenvalue weighted by atomic mass is 10.2. The second-order valence-corrected chi connectivity index (χ2v) is 3.61. The number of benzene rings is 1.